The van der Waals surface area contributed by atoms with Crippen LogP contribution in [0.5, 0.6) is 5.75 Å². The van der Waals surface area contributed by atoms with Gasteiger partial charge in [0.1, 0.15) is 24.5 Å². The van der Waals surface area contributed by atoms with Gasteiger partial charge in [-0.25, -0.2) is 14.4 Å². The quantitative estimate of drug-likeness (QED) is 0.344. The standard InChI is InChI=1S/C24H18ClFN4O2.ClH/c25-21-10-19(5-7-23(21)32-13-15-2-1-3-18(26)8-15)29-12-20(24(27)31)16-4-6-22-17(9-16)11-28-14-30-22;/h1-12,14,29H,13H2,(H2,27,31);1H. The van der Waals surface area contributed by atoms with Gasteiger partial charge in [0.15, 0.2) is 0 Å². The van der Waals surface area contributed by atoms with Crippen LogP contribution in [0.3, 0.4) is 0 Å². The van der Waals surface area contributed by atoms with E-state index in [1.54, 1.807) is 54.7 Å². The zero-order valence-corrected chi connectivity index (χ0v) is 18.7. The second-order valence-corrected chi connectivity index (χ2v) is 7.33. The van der Waals surface area contributed by atoms with Gasteiger partial charge in [0, 0.05) is 23.5 Å². The lowest BCUT2D eigenvalue weighted by atomic mass is 10.0. The molecule has 0 saturated heterocycles. The van der Waals surface area contributed by atoms with Gasteiger partial charge in [-0.05, 0) is 53.6 Å². The molecule has 0 radical (unpaired) electrons. The molecule has 33 heavy (non-hydrogen) atoms. The number of halogens is 3. The van der Waals surface area contributed by atoms with Crippen LogP contribution in [-0.2, 0) is 11.4 Å². The number of nitrogens with one attached hydrogen (secondary N) is 1. The number of carbonyl (C=O) groups excluding carboxylic acids is 1. The van der Waals surface area contributed by atoms with Crippen molar-refractivity contribution in [3.05, 3.63) is 101 Å². The van der Waals surface area contributed by atoms with Crippen molar-refractivity contribution in [3.63, 3.8) is 0 Å². The zero-order chi connectivity index (χ0) is 22.5. The van der Waals surface area contributed by atoms with Gasteiger partial charge in [-0.3, -0.25) is 4.79 Å². The second-order valence-electron chi connectivity index (χ2n) is 6.93. The van der Waals surface area contributed by atoms with Crippen molar-refractivity contribution in [2.24, 2.45) is 5.73 Å². The Labute approximate surface area is 200 Å². The number of benzene rings is 3. The van der Waals surface area contributed by atoms with Crippen LogP contribution in [0.4, 0.5) is 10.1 Å². The van der Waals surface area contributed by atoms with Crippen LogP contribution in [0, 0.1) is 5.82 Å². The van der Waals surface area contributed by atoms with Crippen LogP contribution >= 0.6 is 24.0 Å². The van der Waals surface area contributed by atoms with E-state index in [-0.39, 0.29) is 24.8 Å². The third-order valence-electron chi connectivity index (χ3n) is 4.68. The fourth-order valence-corrected chi connectivity index (χ4v) is 3.34. The molecule has 0 aliphatic rings. The average Bonchev–Trinajstić information content (AvgIpc) is 2.78. The van der Waals surface area contributed by atoms with Crippen LogP contribution in [-0.4, -0.2) is 15.9 Å². The van der Waals surface area contributed by atoms with Gasteiger partial charge in [0.2, 0.25) is 0 Å². The van der Waals surface area contributed by atoms with E-state index < -0.39 is 5.91 Å². The molecular formula is C24H19Cl2FN4O2. The van der Waals surface area contributed by atoms with Crippen LogP contribution in [0.2, 0.25) is 5.02 Å². The maximum atomic E-state index is 13.3. The molecule has 1 amide bonds. The molecule has 9 heteroatoms. The number of hydrogen-bond donors (Lipinski definition) is 2. The molecule has 0 unspecified atom stereocenters. The Kier molecular flexibility index (Phi) is 7.82. The number of aromatic nitrogens is 2. The van der Waals surface area contributed by atoms with Crippen LogP contribution in [0.15, 0.2) is 79.4 Å². The molecule has 4 rings (SSSR count). The number of carbonyl (C=O) groups is 1. The minimum atomic E-state index is -0.588. The van der Waals surface area contributed by atoms with Crippen LogP contribution in [0.25, 0.3) is 16.5 Å². The third-order valence-corrected chi connectivity index (χ3v) is 4.97. The predicted molar refractivity (Wildman–Crippen MR) is 130 cm³/mol. The summed E-state index contributed by atoms with van der Waals surface area (Å²) in [6.07, 6.45) is 4.65. The van der Waals surface area contributed by atoms with E-state index in [1.807, 2.05) is 0 Å². The van der Waals surface area contributed by atoms with Crippen LogP contribution in [0.1, 0.15) is 11.1 Å². The highest BCUT2D eigenvalue weighted by atomic mass is 35.5. The van der Waals surface area contributed by atoms with E-state index in [1.165, 1.54) is 24.7 Å². The number of nitrogens with two attached hydrogens (primary N) is 1. The Morgan fingerprint density at radius 1 is 1.15 bits per heavy atom. The Bertz CT molecular complexity index is 1330. The van der Waals surface area contributed by atoms with Crippen molar-refractivity contribution in [1.29, 1.82) is 0 Å². The SMILES string of the molecule is Cl.NC(=O)C(=CNc1ccc(OCc2cccc(F)c2)c(Cl)c1)c1ccc2ncncc2c1. The van der Waals surface area contributed by atoms with Gasteiger partial charge >= 0.3 is 0 Å². The molecule has 1 aromatic heterocycles. The van der Waals surface area contributed by atoms with Crippen molar-refractivity contribution in [3.8, 4) is 5.75 Å². The predicted octanol–water partition coefficient (Wildman–Crippen LogP) is 5.36. The number of fused-ring (bicyclic) bond motifs is 1. The highest BCUT2D eigenvalue weighted by Gasteiger charge is 2.10. The first-order chi connectivity index (χ1) is 15.5. The smallest absolute Gasteiger partial charge is 0.250 e. The first-order valence-electron chi connectivity index (χ1n) is 9.63. The molecule has 0 aliphatic carbocycles. The summed E-state index contributed by atoms with van der Waals surface area (Å²) in [5.74, 6) is -0.460. The molecule has 3 N–H and O–H groups in total. The minimum Gasteiger partial charge on any atom is -0.487 e. The second kappa shape index (κ2) is 10.8. The van der Waals surface area contributed by atoms with Crippen LogP contribution < -0.4 is 15.8 Å². The Balaban J connectivity index is 0.00000306. The normalized spacial score (nSPS) is 11.0. The topological polar surface area (TPSA) is 90.1 Å². The van der Waals surface area contributed by atoms with Crippen molar-refractivity contribution in [1.82, 2.24) is 9.97 Å². The van der Waals surface area contributed by atoms with Crippen molar-refractivity contribution >= 4 is 52.1 Å². The van der Waals surface area contributed by atoms with Gasteiger partial charge in [0.05, 0.1) is 16.1 Å². The molecule has 1 heterocycles. The zero-order valence-electron chi connectivity index (χ0n) is 17.2. The average molecular weight is 485 g/mol. The summed E-state index contributed by atoms with van der Waals surface area (Å²) in [4.78, 5) is 20.2. The summed E-state index contributed by atoms with van der Waals surface area (Å²) < 4.78 is 19.0. The summed E-state index contributed by atoms with van der Waals surface area (Å²) in [5.41, 5.74) is 8.60. The number of primary amides is 1. The summed E-state index contributed by atoms with van der Waals surface area (Å²) in [6, 6.07) is 16.6. The van der Waals surface area contributed by atoms with E-state index in [4.69, 9.17) is 22.1 Å². The lowest BCUT2D eigenvalue weighted by Gasteiger charge is -2.11. The number of nitrogens with zero attached hydrogens (tertiary/aromatic N) is 2. The molecule has 0 atom stereocenters. The largest absolute Gasteiger partial charge is 0.487 e. The Morgan fingerprint density at radius 2 is 2.00 bits per heavy atom. The molecule has 0 aliphatic heterocycles. The van der Waals surface area contributed by atoms with Gasteiger partial charge in [-0.2, -0.15) is 0 Å². The van der Waals surface area contributed by atoms with Crippen molar-refractivity contribution < 1.29 is 13.9 Å². The van der Waals surface area contributed by atoms with Gasteiger partial charge in [-0.15, -0.1) is 12.4 Å². The summed E-state index contributed by atoms with van der Waals surface area (Å²) in [7, 11) is 0. The number of hydrogen-bond acceptors (Lipinski definition) is 5. The monoisotopic (exact) mass is 484 g/mol. The molecule has 168 valence electrons. The van der Waals surface area contributed by atoms with E-state index in [9.17, 15) is 9.18 Å². The molecule has 0 saturated carbocycles. The fourth-order valence-electron chi connectivity index (χ4n) is 3.10. The number of ether oxygens (including phenoxy) is 1. The van der Waals surface area contributed by atoms with E-state index >= 15 is 0 Å². The molecule has 0 fully saturated rings. The maximum absolute atomic E-state index is 13.3. The minimum absolute atomic E-state index is 0. The van der Waals surface area contributed by atoms with E-state index in [0.717, 1.165) is 10.9 Å². The highest BCUT2D eigenvalue weighted by molar-refractivity contribution is 6.32. The molecule has 0 bridgehead atoms. The Morgan fingerprint density at radius 3 is 2.76 bits per heavy atom. The summed E-state index contributed by atoms with van der Waals surface area (Å²) in [5, 5.41) is 4.19. The van der Waals surface area contributed by atoms with Crippen molar-refractivity contribution in [2.75, 3.05) is 5.32 Å². The number of amides is 1. The molecule has 6 nitrogen and oxygen atoms in total. The van der Waals surface area contributed by atoms with E-state index in [0.29, 0.717) is 33.2 Å². The molecule has 3 aromatic carbocycles. The Hall–Kier alpha value is -3.68. The molecule has 4 aromatic rings. The van der Waals surface area contributed by atoms with Gasteiger partial charge < -0.3 is 15.8 Å². The lowest BCUT2D eigenvalue weighted by Crippen LogP contribution is -2.14. The summed E-state index contributed by atoms with van der Waals surface area (Å²) >= 11 is 6.32. The first-order valence-corrected chi connectivity index (χ1v) is 10.0. The number of rotatable bonds is 7. The maximum Gasteiger partial charge on any atom is 0.250 e. The molecular weight excluding hydrogens is 466 g/mol. The van der Waals surface area contributed by atoms with Gasteiger partial charge in [-0.1, -0.05) is 29.8 Å². The van der Waals surface area contributed by atoms with Gasteiger partial charge in [0.25, 0.3) is 5.91 Å². The fraction of sp³-hybridized carbons (Fsp3) is 0.0417. The molecule has 0 spiro atoms. The third kappa shape index (κ3) is 5.97. The first kappa shape index (κ1) is 24.0. The highest BCUT2D eigenvalue weighted by Crippen LogP contribution is 2.29. The summed E-state index contributed by atoms with van der Waals surface area (Å²) in [6.45, 7) is 0.182. The lowest BCUT2D eigenvalue weighted by molar-refractivity contribution is -0.112. The van der Waals surface area contributed by atoms with Crippen molar-refractivity contribution in [2.45, 2.75) is 6.61 Å². The number of anilines is 1. The van der Waals surface area contributed by atoms with E-state index in [2.05, 4.69) is 15.3 Å².